The molecule has 0 saturated carbocycles. The Hall–Kier alpha value is -0.460. The van der Waals surface area contributed by atoms with Crippen molar-refractivity contribution in [1.82, 2.24) is 0 Å². The molecule has 0 aromatic rings. The van der Waals surface area contributed by atoms with E-state index in [2.05, 4.69) is 13.8 Å². The maximum Gasteiger partial charge on any atom is 0.0780 e. The number of aliphatic hydroxyl groups excluding tert-OH is 1. The van der Waals surface area contributed by atoms with Crippen molar-refractivity contribution < 1.29 is 5.11 Å². The smallest absolute Gasteiger partial charge is 0.0780 e. The standard InChI is InChI=1S/C7H14O/c1-6(2)4-7(3)5-8/h5-6,8H,4H2,1-3H3. The molecule has 1 nitrogen and oxygen atoms in total. The first-order valence-electron chi connectivity index (χ1n) is 2.96. The highest BCUT2D eigenvalue weighted by Gasteiger charge is 1.93. The Labute approximate surface area is 51.0 Å². The minimum atomic E-state index is 0.651. The molecule has 0 aliphatic heterocycles. The Balaban J connectivity index is 3.39. The third-order valence-electron chi connectivity index (χ3n) is 0.951. The molecule has 0 aliphatic rings. The molecule has 0 amide bonds. The summed E-state index contributed by atoms with van der Waals surface area (Å²) >= 11 is 0. The molecule has 0 fully saturated rings. The van der Waals surface area contributed by atoms with Crippen LogP contribution in [0.3, 0.4) is 0 Å². The fraction of sp³-hybridized carbons (Fsp3) is 0.714. The quantitative estimate of drug-likeness (QED) is 0.547. The van der Waals surface area contributed by atoms with E-state index in [-0.39, 0.29) is 0 Å². The van der Waals surface area contributed by atoms with Crippen LogP contribution in [0.2, 0.25) is 0 Å². The third-order valence-corrected chi connectivity index (χ3v) is 0.951. The van der Waals surface area contributed by atoms with Crippen LogP contribution >= 0.6 is 0 Å². The zero-order chi connectivity index (χ0) is 6.57. The van der Waals surface area contributed by atoms with Crippen LogP contribution in [0.4, 0.5) is 0 Å². The first-order chi connectivity index (χ1) is 3.66. The van der Waals surface area contributed by atoms with Gasteiger partial charge in [0.2, 0.25) is 0 Å². The van der Waals surface area contributed by atoms with Crippen molar-refractivity contribution in [3.63, 3.8) is 0 Å². The SMILES string of the molecule is CC(=CO)CC(C)C. The highest BCUT2D eigenvalue weighted by Crippen LogP contribution is 2.07. The molecular formula is C7H14O. The second-order valence-corrected chi connectivity index (χ2v) is 2.57. The van der Waals surface area contributed by atoms with Crippen LogP contribution in [-0.2, 0) is 0 Å². The lowest BCUT2D eigenvalue weighted by atomic mass is 10.1. The molecule has 48 valence electrons. The van der Waals surface area contributed by atoms with Gasteiger partial charge in [-0.1, -0.05) is 13.8 Å². The van der Waals surface area contributed by atoms with Crippen molar-refractivity contribution in [2.45, 2.75) is 27.2 Å². The van der Waals surface area contributed by atoms with E-state index in [1.807, 2.05) is 6.92 Å². The average Bonchev–Trinajstić information content (AvgIpc) is 1.65. The maximum atomic E-state index is 8.42. The number of hydrogen-bond donors (Lipinski definition) is 1. The Morgan fingerprint density at radius 1 is 1.62 bits per heavy atom. The van der Waals surface area contributed by atoms with Crippen LogP contribution in [0, 0.1) is 5.92 Å². The van der Waals surface area contributed by atoms with E-state index in [9.17, 15) is 0 Å². The van der Waals surface area contributed by atoms with Gasteiger partial charge in [0, 0.05) is 0 Å². The molecule has 0 radical (unpaired) electrons. The van der Waals surface area contributed by atoms with E-state index >= 15 is 0 Å². The van der Waals surface area contributed by atoms with Crippen LogP contribution < -0.4 is 0 Å². The molecule has 0 unspecified atom stereocenters. The van der Waals surface area contributed by atoms with Crippen LogP contribution in [0.5, 0.6) is 0 Å². The number of aliphatic hydroxyl groups is 1. The largest absolute Gasteiger partial charge is 0.516 e. The summed E-state index contributed by atoms with van der Waals surface area (Å²) in [5, 5.41) is 8.42. The van der Waals surface area contributed by atoms with Crippen molar-refractivity contribution in [2.24, 2.45) is 5.92 Å². The summed E-state index contributed by atoms with van der Waals surface area (Å²) in [6.07, 6.45) is 2.18. The van der Waals surface area contributed by atoms with E-state index in [1.54, 1.807) is 0 Å². The van der Waals surface area contributed by atoms with Gasteiger partial charge in [0.15, 0.2) is 0 Å². The summed E-state index contributed by atoms with van der Waals surface area (Å²) in [7, 11) is 0. The minimum Gasteiger partial charge on any atom is -0.516 e. The van der Waals surface area contributed by atoms with Crippen LogP contribution in [-0.4, -0.2) is 5.11 Å². The summed E-state index contributed by atoms with van der Waals surface area (Å²) in [6, 6.07) is 0. The topological polar surface area (TPSA) is 20.2 Å². The Bertz CT molecular complexity index is 82.4. The Morgan fingerprint density at radius 2 is 2.12 bits per heavy atom. The summed E-state index contributed by atoms with van der Waals surface area (Å²) in [5.74, 6) is 0.651. The van der Waals surface area contributed by atoms with Crippen LogP contribution in [0.1, 0.15) is 27.2 Å². The molecule has 0 aromatic heterocycles. The number of hydrogen-bond acceptors (Lipinski definition) is 1. The van der Waals surface area contributed by atoms with Gasteiger partial charge in [-0.2, -0.15) is 0 Å². The van der Waals surface area contributed by atoms with E-state index in [0.29, 0.717) is 5.92 Å². The minimum absolute atomic E-state index is 0.651. The van der Waals surface area contributed by atoms with Crippen molar-refractivity contribution in [3.05, 3.63) is 11.8 Å². The predicted molar refractivity (Wildman–Crippen MR) is 35.8 cm³/mol. The van der Waals surface area contributed by atoms with Crippen molar-refractivity contribution in [2.75, 3.05) is 0 Å². The lowest BCUT2D eigenvalue weighted by Crippen LogP contribution is -1.86. The van der Waals surface area contributed by atoms with Gasteiger partial charge in [0.1, 0.15) is 0 Å². The lowest BCUT2D eigenvalue weighted by Gasteiger charge is -2.00. The molecule has 0 saturated heterocycles. The monoisotopic (exact) mass is 114 g/mol. The fourth-order valence-corrected chi connectivity index (χ4v) is 0.697. The van der Waals surface area contributed by atoms with Crippen LogP contribution in [0.15, 0.2) is 11.8 Å². The van der Waals surface area contributed by atoms with Gasteiger partial charge in [0.25, 0.3) is 0 Å². The molecule has 1 N–H and O–H groups in total. The lowest BCUT2D eigenvalue weighted by molar-refractivity contribution is 0.459. The van der Waals surface area contributed by atoms with E-state index < -0.39 is 0 Å². The van der Waals surface area contributed by atoms with Gasteiger partial charge < -0.3 is 5.11 Å². The Kier molecular flexibility index (Phi) is 3.33. The molecule has 0 aromatic carbocycles. The summed E-state index contributed by atoms with van der Waals surface area (Å²) < 4.78 is 0. The molecule has 0 rings (SSSR count). The molecule has 0 heterocycles. The van der Waals surface area contributed by atoms with Gasteiger partial charge in [-0.05, 0) is 24.8 Å². The second-order valence-electron chi connectivity index (χ2n) is 2.57. The molecular weight excluding hydrogens is 100 g/mol. The highest BCUT2D eigenvalue weighted by atomic mass is 16.2. The summed E-state index contributed by atoms with van der Waals surface area (Å²) in [6.45, 7) is 6.19. The maximum absolute atomic E-state index is 8.42. The van der Waals surface area contributed by atoms with Crippen LogP contribution in [0.25, 0.3) is 0 Å². The van der Waals surface area contributed by atoms with Gasteiger partial charge in [-0.15, -0.1) is 0 Å². The van der Waals surface area contributed by atoms with Crippen molar-refractivity contribution >= 4 is 0 Å². The molecule has 0 aliphatic carbocycles. The van der Waals surface area contributed by atoms with Crippen molar-refractivity contribution in [1.29, 1.82) is 0 Å². The molecule has 0 atom stereocenters. The van der Waals surface area contributed by atoms with E-state index in [1.165, 1.54) is 6.26 Å². The highest BCUT2D eigenvalue weighted by molar-refractivity contribution is 4.92. The second kappa shape index (κ2) is 3.53. The first kappa shape index (κ1) is 7.54. The number of allylic oxidation sites excluding steroid dienone is 1. The van der Waals surface area contributed by atoms with Gasteiger partial charge in [-0.25, -0.2) is 0 Å². The first-order valence-corrected chi connectivity index (χ1v) is 2.96. The zero-order valence-electron chi connectivity index (χ0n) is 5.81. The van der Waals surface area contributed by atoms with Crippen molar-refractivity contribution in [3.8, 4) is 0 Å². The molecule has 0 bridgehead atoms. The van der Waals surface area contributed by atoms with Gasteiger partial charge in [-0.3, -0.25) is 0 Å². The molecule has 8 heavy (non-hydrogen) atoms. The van der Waals surface area contributed by atoms with E-state index in [0.717, 1.165) is 12.0 Å². The molecule has 0 spiro atoms. The summed E-state index contributed by atoms with van der Waals surface area (Å²) in [5.41, 5.74) is 1.06. The number of rotatable bonds is 2. The molecule has 1 heteroatoms. The predicted octanol–water partition coefficient (Wildman–Crippen LogP) is 2.49. The van der Waals surface area contributed by atoms with Gasteiger partial charge >= 0.3 is 0 Å². The van der Waals surface area contributed by atoms with Gasteiger partial charge in [0.05, 0.1) is 6.26 Å². The Morgan fingerprint density at radius 3 is 2.25 bits per heavy atom. The normalized spacial score (nSPS) is 12.8. The third kappa shape index (κ3) is 3.72. The average molecular weight is 114 g/mol. The summed E-state index contributed by atoms with van der Waals surface area (Å²) in [4.78, 5) is 0. The zero-order valence-corrected chi connectivity index (χ0v) is 5.81. The fourth-order valence-electron chi connectivity index (χ4n) is 0.697. The van der Waals surface area contributed by atoms with E-state index in [4.69, 9.17) is 5.11 Å².